The molecule has 2 aromatic heterocycles. The monoisotopic (exact) mass is 725 g/mol. The van der Waals surface area contributed by atoms with Gasteiger partial charge in [0.2, 0.25) is 23.6 Å². The Kier molecular flexibility index (Phi) is 12.4. The first-order valence-corrected chi connectivity index (χ1v) is 17.7. The molecule has 6 rings (SSSR count). The van der Waals surface area contributed by atoms with Crippen LogP contribution in [0.15, 0.2) is 54.6 Å². The Bertz CT molecular complexity index is 1950. The molecule has 280 valence electrons. The molecule has 4 heterocycles. The van der Waals surface area contributed by atoms with E-state index in [9.17, 15) is 24.0 Å². The van der Waals surface area contributed by atoms with Crippen molar-refractivity contribution in [2.45, 2.75) is 85.6 Å². The van der Waals surface area contributed by atoms with Gasteiger partial charge < -0.3 is 26.0 Å². The number of aryl methyl sites for hydroxylation is 2. The van der Waals surface area contributed by atoms with Gasteiger partial charge >= 0.3 is 0 Å². The summed E-state index contributed by atoms with van der Waals surface area (Å²) in [5.74, 6) is -0.826. The molecule has 15 nitrogen and oxygen atoms in total. The molecule has 4 amide bonds. The van der Waals surface area contributed by atoms with Crippen LogP contribution in [0.25, 0.3) is 11.4 Å². The van der Waals surface area contributed by atoms with Gasteiger partial charge in [-0.05, 0) is 51.3 Å². The number of nitrogens with one attached hydrogen (secondary N) is 4. The summed E-state index contributed by atoms with van der Waals surface area (Å²) in [6.07, 6.45) is 0.139. The molecule has 0 saturated carbocycles. The number of nitrogens with zero attached hydrogens (tertiary/aromatic N) is 5. The maximum atomic E-state index is 14.0. The molecule has 0 saturated heterocycles. The smallest absolute Gasteiger partial charge is 0.243 e. The fraction of sp³-hybridized carbons (Fsp3) is 0.421. The van der Waals surface area contributed by atoms with Crippen LogP contribution in [0.2, 0.25) is 0 Å². The van der Waals surface area contributed by atoms with Crippen LogP contribution in [-0.4, -0.2) is 79.2 Å². The van der Waals surface area contributed by atoms with Crippen molar-refractivity contribution < 1.29 is 28.7 Å². The molecule has 0 unspecified atom stereocenters. The fourth-order valence-corrected chi connectivity index (χ4v) is 6.27. The molecule has 15 heteroatoms. The second kappa shape index (κ2) is 17.1. The Morgan fingerprint density at radius 3 is 2.36 bits per heavy atom. The Morgan fingerprint density at radius 1 is 0.981 bits per heavy atom. The van der Waals surface area contributed by atoms with E-state index in [2.05, 4.69) is 31.5 Å². The van der Waals surface area contributed by atoms with E-state index in [0.29, 0.717) is 34.3 Å². The molecule has 0 spiro atoms. The first-order valence-electron chi connectivity index (χ1n) is 17.7. The van der Waals surface area contributed by atoms with Crippen molar-refractivity contribution in [2.75, 3.05) is 13.2 Å². The van der Waals surface area contributed by atoms with E-state index >= 15 is 0 Å². The lowest BCUT2D eigenvalue weighted by molar-refractivity contribution is -0.133. The van der Waals surface area contributed by atoms with Crippen LogP contribution in [0.5, 0.6) is 5.75 Å². The second-order valence-electron chi connectivity index (χ2n) is 13.5. The lowest BCUT2D eigenvalue weighted by Gasteiger charge is -2.27. The average molecular weight is 726 g/mol. The summed E-state index contributed by atoms with van der Waals surface area (Å²) >= 11 is 0. The van der Waals surface area contributed by atoms with Crippen LogP contribution in [-0.2, 0) is 38.7 Å². The number of rotatable bonds is 7. The quantitative estimate of drug-likeness (QED) is 0.208. The predicted molar refractivity (Wildman–Crippen MR) is 196 cm³/mol. The number of ketones is 1. The Morgan fingerprint density at radius 2 is 1.70 bits per heavy atom. The number of Topliss-reactive ketones (excluding diaryl/α,β-unsaturated/α-hetero) is 1. The maximum Gasteiger partial charge on any atom is 0.243 e. The van der Waals surface area contributed by atoms with Gasteiger partial charge in [0, 0.05) is 30.6 Å². The van der Waals surface area contributed by atoms with Crippen LogP contribution in [0.4, 0.5) is 0 Å². The van der Waals surface area contributed by atoms with Crippen molar-refractivity contribution in [1.82, 2.24) is 45.8 Å². The minimum absolute atomic E-state index is 0.00363. The largest absolute Gasteiger partial charge is 0.492 e. The molecule has 2 aromatic carbocycles. The summed E-state index contributed by atoms with van der Waals surface area (Å²) in [6.45, 7) is 10.9. The number of fused-ring (bicyclic) bond motifs is 14. The topological polar surface area (TPSA) is 191 Å². The summed E-state index contributed by atoms with van der Waals surface area (Å²) < 4.78 is 8.91. The normalized spacial score (nSPS) is 18.7. The highest BCUT2D eigenvalue weighted by Gasteiger charge is 2.31. The first kappa shape index (κ1) is 38.4. The number of amides is 4. The first-order chi connectivity index (χ1) is 25.3. The molecule has 0 fully saturated rings. The minimum Gasteiger partial charge on any atom is -0.492 e. The van der Waals surface area contributed by atoms with Gasteiger partial charge in [0.05, 0.1) is 23.8 Å². The molecule has 0 radical (unpaired) electrons. The Balaban J connectivity index is 1.40. The van der Waals surface area contributed by atoms with Crippen molar-refractivity contribution in [3.05, 3.63) is 82.9 Å². The standard InChI is InChI=1S/C38H47N9O6/c1-22(2)34-38(52)40-24(4)36-43-35(28-10-8-7-9-11-28)45-47(36)21-32(50)39-17-19-53-29-14-12-27(13-15-29)20-30(37(51)42-34)41-31(49)16-18-46-25(5)33(26(6)48)23(3)44-46/h7-15,22,24,30,34H,16-21H2,1-6H3,(H,39,50)(H,40,52)(H,41,49)(H,42,51)/t24-,30-,34+/m0/s1. The van der Waals surface area contributed by atoms with Crippen molar-refractivity contribution in [2.24, 2.45) is 5.92 Å². The van der Waals surface area contributed by atoms with E-state index in [1.54, 1.807) is 49.7 Å². The van der Waals surface area contributed by atoms with E-state index in [1.807, 2.05) is 44.2 Å². The lowest BCUT2D eigenvalue weighted by Crippen LogP contribution is -2.56. The molecular formula is C38H47N9O6. The molecule has 2 aliphatic heterocycles. The van der Waals surface area contributed by atoms with Gasteiger partial charge in [0.25, 0.3) is 0 Å². The van der Waals surface area contributed by atoms with E-state index < -0.39 is 35.8 Å². The van der Waals surface area contributed by atoms with Crippen LogP contribution in [0.3, 0.4) is 0 Å². The SMILES string of the molecule is CC(=O)c1c(C)nn(CCC(=O)N[C@H]2Cc3ccc(cc3)OCCNC(=O)Cn3nc(-c4ccccc4)nc3[C@H](C)NC(=O)[C@@H](C(C)C)NC2=O)c1C. The lowest BCUT2D eigenvalue weighted by atomic mass is 10.0. The minimum atomic E-state index is -1.02. The molecule has 3 atom stereocenters. The van der Waals surface area contributed by atoms with Crippen molar-refractivity contribution in [3.63, 3.8) is 0 Å². The van der Waals surface area contributed by atoms with Crippen LogP contribution in [0, 0.1) is 19.8 Å². The third-order valence-corrected chi connectivity index (χ3v) is 9.01. The van der Waals surface area contributed by atoms with Gasteiger partial charge in [0.1, 0.15) is 36.8 Å². The number of carbonyl (C=O) groups is 5. The number of hydrogen-bond acceptors (Lipinski definition) is 9. The zero-order valence-corrected chi connectivity index (χ0v) is 30.9. The highest BCUT2D eigenvalue weighted by Crippen LogP contribution is 2.20. The predicted octanol–water partition coefficient (Wildman–Crippen LogP) is 2.61. The third kappa shape index (κ3) is 9.73. The zero-order valence-electron chi connectivity index (χ0n) is 30.9. The number of hydrogen-bond donors (Lipinski definition) is 4. The molecule has 2 bridgehead atoms. The van der Waals surface area contributed by atoms with Crippen molar-refractivity contribution in [3.8, 4) is 17.1 Å². The highest BCUT2D eigenvalue weighted by molar-refractivity contribution is 5.96. The summed E-state index contributed by atoms with van der Waals surface area (Å²) in [5.41, 5.74) is 3.28. The molecule has 2 aliphatic rings. The van der Waals surface area contributed by atoms with E-state index in [0.717, 1.165) is 11.1 Å². The summed E-state index contributed by atoms with van der Waals surface area (Å²) in [6, 6.07) is 13.7. The van der Waals surface area contributed by atoms with Gasteiger partial charge in [0.15, 0.2) is 11.6 Å². The van der Waals surface area contributed by atoms with Gasteiger partial charge in [-0.2, -0.15) is 10.2 Å². The molecule has 0 aliphatic carbocycles. The Hall–Kier alpha value is -5.86. The van der Waals surface area contributed by atoms with Crippen molar-refractivity contribution >= 4 is 29.4 Å². The van der Waals surface area contributed by atoms with Gasteiger partial charge in [-0.15, -0.1) is 0 Å². The summed E-state index contributed by atoms with van der Waals surface area (Å²) in [5, 5.41) is 20.5. The van der Waals surface area contributed by atoms with Crippen LogP contribution >= 0.6 is 0 Å². The number of carbonyl (C=O) groups excluding carboxylic acids is 5. The number of aromatic nitrogens is 5. The third-order valence-electron chi connectivity index (χ3n) is 9.01. The van der Waals surface area contributed by atoms with Crippen LogP contribution < -0.4 is 26.0 Å². The van der Waals surface area contributed by atoms with E-state index in [1.165, 1.54) is 11.6 Å². The van der Waals surface area contributed by atoms with Crippen molar-refractivity contribution in [1.29, 1.82) is 0 Å². The maximum absolute atomic E-state index is 14.0. The zero-order chi connectivity index (χ0) is 38.2. The van der Waals surface area contributed by atoms with E-state index in [4.69, 9.17) is 9.72 Å². The second-order valence-corrected chi connectivity index (χ2v) is 13.5. The number of ether oxygens (including phenoxy) is 1. The van der Waals surface area contributed by atoms with Crippen LogP contribution in [0.1, 0.15) is 73.3 Å². The average Bonchev–Trinajstić information content (AvgIpc) is 3.67. The molecule has 53 heavy (non-hydrogen) atoms. The highest BCUT2D eigenvalue weighted by atomic mass is 16.5. The molecular weight excluding hydrogens is 678 g/mol. The van der Waals surface area contributed by atoms with Gasteiger partial charge in [-0.3, -0.25) is 28.7 Å². The molecule has 4 aromatic rings. The molecule has 4 N–H and O–H groups in total. The Labute approximate surface area is 308 Å². The fourth-order valence-electron chi connectivity index (χ4n) is 6.27. The number of benzene rings is 2. The summed E-state index contributed by atoms with van der Waals surface area (Å²) in [7, 11) is 0. The van der Waals surface area contributed by atoms with Gasteiger partial charge in [-0.25, -0.2) is 9.67 Å². The van der Waals surface area contributed by atoms with E-state index in [-0.39, 0.29) is 56.7 Å². The summed E-state index contributed by atoms with van der Waals surface area (Å²) in [4.78, 5) is 70.9. The van der Waals surface area contributed by atoms with Gasteiger partial charge in [-0.1, -0.05) is 56.3 Å².